The molecule has 1 atom stereocenters. The standard InChI is InChI=1S/C21H26N4O4/c1-3-11-22-20(27)17-13-19(29-24-17)18-6-4-5-12-25(18)21(28)15-7-9-16(10-8-15)23-14(2)26/h7-10,13,18H,3-6,11-12H2,1-2H3,(H,22,27)(H,23,26). The molecule has 0 bridgehead atoms. The third-order valence-corrected chi connectivity index (χ3v) is 4.84. The van der Waals surface area contributed by atoms with Crippen molar-refractivity contribution < 1.29 is 18.9 Å². The predicted octanol–water partition coefficient (Wildman–Crippen LogP) is 3.14. The molecule has 29 heavy (non-hydrogen) atoms. The molecule has 1 aromatic carbocycles. The Morgan fingerprint density at radius 1 is 1.21 bits per heavy atom. The Balaban J connectivity index is 1.75. The quantitative estimate of drug-likeness (QED) is 0.778. The molecule has 1 aromatic heterocycles. The van der Waals surface area contributed by atoms with Gasteiger partial charge in [-0.1, -0.05) is 12.1 Å². The molecule has 1 aliphatic rings. The highest BCUT2D eigenvalue weighted by Crippen LogP contribution is 2.32. The van der Waals surface area contributed by atoms with Gasteiger partial charge in [-0.2, -0.15) is 0 Å². The first-order chi connectivity index (χ1) is 14.0. The summed E-state index contributed by atoms with van der Waals surface area (Å²) in [5, 5.41) is 9.34. The lowest BCUT2D eigenvalue weighted by Gasteiger charge is -2.34. The van der Waals surface area contributed by atoms with Crippen LogP contribution in [-0.4, -0.2) is 40.9 Å². The van der Waals surface area contributed by atoms with Gasteiger partial charge in [0.25, 0.3) is 11.8 Å². The maximum Gasteiger partial charge on any atom is 0.273 e. The van der Waals surface area contributed by atoms with E-state index in [-0.39, 0.29) is 29.5 Å². The van der Waals surface area contributed by atoms with Crippen LogP contribution in [0.15, 0.2) is 34.9 Å². The minimum atomic E-state index is -0.274. The molecule has 0 saturated carbocycles. The van der Waals surface area contributed by atoms with Crippen molar-refractivity contribution in [2.24, 2.45) is 0 Å². The van der Waals surface area contributed by atoms with E-state index >= 15 is 0 Å². The summed E-state index contributed by atoms with van der Waals surface area (Å²) in [4.78, 5) is 38.1. The molecule has 0 aliphatic carbocycles. The van der Waals surface area contributed by atoms with Crippen LogP contribution >= 0.6 is 0 Å². The number of hydrogen-bond donors (Lipinski definition) is 2. The molecule has 2 aromatic rings. The van der Waals surface area contributed by atoms with Crippen molar-refractivity contribution >= 4 is 23.4 Å². The minimum absolute atomic E-state index is 0.113. The van der Waals surface area contributed by atoms with Crippen molar-refractivity contribution in [3.8, 4) is 0 Å². The Hall–Kier alpha value is -3.16. The number of benzene rings is 1. The largest absolute Gasteiger partial charge is 0.358 e. The summed E-state index contributed by atoms with van der Waals surface area (Å²) in [6, 6.07) is 8.18. The Morgan fingerprint density at radius 2 is 1.97 bits per heavy atom. The first-order valence-corrected chi connectivity index (χ1v) is 9.93. The lowest BCUT2D eigenvalue weighted by molar-refractivity contribution is -0.114. The van der Waals surface area contributed by atoms with E-state index in [2.05, 4.69) is 15.8 Å². The molecular formula is C21H26N4O4. The molecular weight excluding hydrogens is 372 g/mol. The van der Waals surface area contributed by atoms with Crippen LogP contribution in [0.5, 0.6) is 0 Å². The van der Waals surface area contributed by atoms with Crippen LogP contribution in [0.1, 0.15) is 72.2 Å². The highest BCUT2D eigenvalue weighted by Gasteiger charge is 2.32. The third-order valence-electron chi connectivity index (χ3n) is 4.84. The van der Waals surface area contributed by atoms with Crippen molar-refractivity contribution in [2.45, 2.75) is 45.6 Å². The molecule has 1 unspecified atom stereocenters. The van der Waals surface area contributed by atoms with Crippen LogP contribution in [0, 0.1) is 0 Å². The molecule has 2 N–H and O–H groups in total. The van der Waals surface area contributed by atoms with Crippen molar-refractivity contribution in [2.75, 3.05) is 18.4 Å². The number of nitrogens with zero attached hydrogens (tertiary/aromatic N) is 2. The molecule has 154 valence electrons. The number of piperidine rings is 1. The summed E-state index contributed by atoms with van der Waals surface area (Å²) in [7, 11) is 0. The van der Waals surface area contributed by atoms with Crippen LogP contribution in [-0.2, 0) is 4.79 Å². The smallest absolute Gasteiger partial charge is 0.273 e. The van der Waals surface area contributed by atoms with E-state index in [1.54, 1.807) is 35.2 Å². The van der Waals surface area contributed by atoms with Crippen molar-refractivity contribution in [1.82, 2.24) is 15.4 Å². The highest BCUT2D eigenvalue weighted by atomic mass is 16.5. The Labute approximate surface area is 169 Å². The number of hydrogen-bond acceptors (Lipinski definition) is 5. The molecule has 1 fully saturated rings. The number of likely N-dealkylation sites (tertiary alicyclic amines) is 1. The van der Waals surface area contributed by atoms with E-state index < -0.39 is 0 Å². The van der Waals surface area contributed by atoms with E-state index in [1.807, 2.05) is 6.92 Å². The number of nitrogens with one attached hydrogen (secondary N) is 2. The summed E-state index contributed by atoms with van der Waals surface area (Å²) in [6.07, 6.45) is 3.46. The van der Waals surface area contributed by atoms with Crippen LogP contribution < -0.4 is 10.6 Å². The lowest BCUT2D eigenvalue weighted by Crippen LogP contribution is -2.38. The van der Waals surface area contributed by atoms with Crippen LogP contribution in [0.3, 0.4) is 0 Å². The Morgan fingerprint density at radius 3 is 2.66 bits per heavy atom. The van der Waals surface area contributed by atoms with Gasteiger partial charge in [-0.25, -0.2) is 0 Å². The molecule has 1 aliphatic heterocycles. The number of aromatic nitrogens is 1. The zero-order chi connectivity index (χ0) is 20.8. The molecule has 2 heterocycles. The maximum absolute atomic E-state index is 13.1. The summed E-state index contributed by atoms with van der Waals surface area (Å²) < 4.78 is 5.43. The number of amides is 3. The zero-order valence-electron chi connectivity index (χ0n) is 16.7. The van der Waals surface area contributed by atoms with Gasteiger partial charge in [0.2, 0.25) is 5.91 Å². The van der Waals surface area contributed by atoms with E-state index in [4.69, 9.17) is 4.52 Å². The van der Waals surface area contributed by atoms with Crippen LogP contribution in [0.25, 0.3) is 0 Å². The molecule has 8 nitrogen and oxygen atoms in total. The number of anilines is 1. The molecule has 1 saturated heterocycles. The molecule has 0 radical (unpaired) electrons. The van der Waals surface area contributed by atoms with E-state index in [9.17, 15) is 14.4 Å². The van der Waals surface area contributed by atoms with Gasteiger partial charge < -0.3 is 20.1 Å². The lowest BCUT2D eigenvalue weighted by atomic mass is 9.98. The van der Waals surface area contributed by atoms with Crippen molar-refractivity contribution in [3.05, 3.63) is 47.3 Å². The fourth-order valence-corrected chi connectivity index (χ4v) is 3.42. The van der Waals surface area contributed by atoms with Crippen LogP contribution in [0.4, 0.5) is 5.69 Å². The maximum atomic E-state index is 13.1. The number of rotatable bonds is 6. The second-order valence-electron chi connectivity index (χ2n) is 7.14. The van der Waals surface area contributed by atoms with Crippen molar-refractivity contribution in [1.29, 1.82) is 0 Å². The normalized spacial score (nSPS) is 16.3. The summed E-state index contributed by atoms with van der Waals surface area (Å²) in [5.41, 5.74) is 1.40. The fraction of sp³-hybridized carbons (Fsp3) is 0.429. The number of carbonyl (C=O) groups is 3. The predicted molar refractivity (Wildman–Crippen MR) is 108 cm³/mol. The summed E-state index contributed by atoms with van der Waals surface area (Å²) in [5.74, 6) is -0.0274. The van der Waals surface area contributed by atoms with Gasteiger partial charge in [0.15, 0.2) is 11.5 Å². The van der Waals surface area contributed by atoms with Crippen molar-refractivity contribution in [3.63, 3.8) is 0 Å². The Kier molecular flexibility index (Phi) is 6.64. The summed E-state index contributed by atoms with van der Waals surface area (Å²) in [6.45, 7) is 4.59. The van der Waals surface area contributed by atoms with E-state index in [0.29, 0.717) is 30.1 Å². The highest BCUT2D eigenvalue weighted by molar-refractivity contribution is 5.96. The number of carbonyl (C=O) groups excluding carboxylic acids is 3. The SMILES string of the molecule is CCCNC(=O)c1cc(C2CCCCN2C(=O)c2ccc(NC(C)=O)cc2)on1. The monoisotopic (exact) mass is 398 g/mol. The van der Waals surface area contributed by atoms with Gasteiger partial charge in [0.05, 0.1) is 6.04 Å². The average Bonchev–Trinajstić information content (AvgIpc) is 3.22. The topological polar surface area (TPSA) is 105 Å². The second kappa shape index (κ2) is 9.36. The first kappa shape index (κ1) is 20.6. The first-order valence-electron chi connectivity index (χ1n) is 9.93. The molecule has 0 spiro atoms. The van der Waals surface area contributed by atoms with Gasteiger partial charge in [0, 0.05) is 37.3 Å². The minimum Gasteiger partial charge on any atom is -0.358 e. The summed E-state index contributed by atoms with van der Waals surface area (Å²) >= 11 is 0. The Bertz CT molecular complexity index is 875. The fourth-order valence-electron chi connectivity index (χ4n) is 3.42. The van der Waals surface area contributed by atoms with Gasteiger partial charge in [-0.15, -0.1) is 0 Å². The van der Waals surface area contributed by atoms with Gasteiger partial charge in [0.1, 0.15) is 0 Å². The molecule has 3 amide bonds. The van der Waals surface area contributed by atoms with Gasteiger partial charge in [-0.05, 0) is 49.9 Å². The molecule has 3 rings (SSSR count). The van der Waals surface area contributed by atoms with Crippen LogP contribution in [0.2, 0.25) is 0 Å². The van der Waals surface area contributed by atoms with E-state index in [0.717, 1.165) is 25.7 Å². The average molecular weight is 398 g/mol. The second-order valence-corrected chi connectivity index (χ2v) is 7.14. The van der Waals surface area contributed by atoms with Gasteiger partial charge >= 0.3 is 0 Å². The third kappa shape index (κ3) is 5.01. The van der Waals surface area contributed by atoms with Gasteiger partial charge in [-0.3, -0.25) is 14.4 Å². The molecule has 8 heteroatoms. The zero-order valence-corrected chi connectivity index (χ0v) is 16.7. The van der Waals surface area contributed by atoms with E-state index in [1.165, 1.54) is 6.92 Å².